The van der Waals surface area contributed by atoms with Crippen LogP contribution in [0.15, 0.2) is 36.4 Å². The van der Waals surface area contributed by atoms with Gasteiger partial charge in [-0.2, -0.15) is 0 Å². The summed E-state index contributed by atoms with van der Waals surface area (Å²) >= 11 is 0. The van der Waals surface area contributed by atoms with Gasteiger partial charge in [-0.05, 0) is 25.0 Å². The average Bonchev–Trinajstić information content (AvgIpc) is 3.10. The largest absolute Gasteiger partial charge is 0.493 e. The summed E-state index contributed by atoms with van der Waals surface area (Å²) in [7, 11) is 0. The molecule has 0 atom stereocenters. The number of fused-ring (bicyclic) bond motifs is 2. The van der Waals surface area contributed by atoms with Crippen molar-refractivity contribution in [2.75, 3.05) is 13.2 Å². The van der Waals surface area contributed by atoms with Gasteiger partial charge in [-0.3, -0.25) is 9.59 Å². The van der Waals surface area contributed by atoms with Crippen LogP contribution in [0.5, 0.6) is 11.5 Å². The number of ether oxygens (including phenoxy) is 2. The average molecular weight is 661 g/mol. The van der Waals surface area contributed by atoms with Crippen molar-refractivity contribution < 1.29 is 19.1 Å². The van der Waals surface area contributed by atoms with Crippen molar-refractivity contribution in [3.63, 3.8) is 0 Å². The predicted molar refractivity (Wildman–Crippen MR) is 202 cm³/mol. The monoisotopic (exact) mass is 661 g/mol. The maximum atomic E-state index is 13.7. The fourth-order valence-electron chi connectivity index (χ4n) is 7.02. The zero-order valence-corrected chi connectivity index (χ0v) is 30.9. The van der Waals surface area contributed by atoms with Gasteiger partial charge in [0.2, 0.25) is 0 Å². The van der Waals surface area contributed by atoms with Crippen LogP contribution in [0.1, 0.15) is 213 Å². The standard InChI is InChI=1S/C44H68O4/c1-3-5-7-9-11-13-15-17-19-21-23-25-27-35-47-39-33-29-31-37-41(39)43(45)38-32-30-34-40(42(38)44(37)46)48-36-28-26-24-22-20-18-16-14-12-10-8-6-4-2/h29-34H,3-28,35-36H2,1-2H3. The van der Waals surface area contributed by atoms with E-state index < -0.39 is 0 Å². The first-order valence-corrected chi connectivity index (χ1v) is 20.3. The van der Waals surface area contributed by atoms with Crippen LogP contribution in [0.3, 0.4) is 0 Å². The van der Waals surface area contributed by atoms with E-state index in [-0.39, 0.29) is 11.6 Å². The van der Waals surface area contributed by atoms with Gasteiger partial charge in [0.05, 0.1) is 24.3 Å². The molecule has 0 bridgehead atoms. The number of rotatable bonds is 30. The number of hydrogen-bond donors (Lipinski definition) is 0. The second-order valence-electron chi connectivity index (χ2n) is 14.2. The molecule has 268 valence electrons. The zero-order chi connectivity index (χ0) is 34.1. The number of carbonyl (C=O) groups is 2. The number of hydrogen-bond acceptors (Lipinski definition) is 4. The van der Waals surface area contributed by atoms with Crippen molar-refractivity contribution in [2.45, 2.75) is 181 Å². The van der Waals surface area contributed by atoms with Crippen LogP contribution >= 0.6 is 0 Å². The molecule has 0 amide bonds. The Kier molecular flexibility index (Phi) is 21.0. The lowest BCUT2D eigenvalue weighted by molar-refractivity contribution is 0.0972. The SMILES string of the molecule is CCCCCCCCCCCCCCCOc1cccc2c1C(=O)c1cccc(OCCCCCCCCCCCCCCC)c1C2=O. The first-order chi connectivity index (χ1) is 23.7. The first-order valence-electron chi connectivity index (χ1n) is 20.3. The number of unbranched alkanes of at least 4 members (excludes halogenated alkanes) is 24. The van der Waals surface area contributed by atoms with Gasteiger partial charge >= 0.3 is 0 Å². The molecule has 0 aliphatic heterocycles. The molecule has 1 aliphatic rings. The molecule has 0 unspecified atom stereocenters. The summed E-state index contributed by atoms with van der Waals surface area (Å²) in [5, 5.41) is 0. The van der Waals surface area contributed by atoms with E-state index >= 15 is 0 Å². The summed E-state index contributed by atoms with van der Waals surface area (Å²) in [5.74, 6) is 0.751. The third-order valence-electron chi connectivity index (χ3n) is 10.0. The van der Waals surface area contributed by atoms with Crippen LogP contribution in [0.4, 0.5) is 0 Å². The van der Waals surface area contributed by atoms with E-state index in [1.54, 1.807) is 12.1 Å². The van der Waals surface area contributed by atoms with E-state index in [4.69, 9.17) is 9.47 Å². The third kappa shape index (κ3) is 14.5. The first kappa shape index (κ1) is 39.8. The minimum absolute atomic E-state index is 0.146. The highest BCUT2D eigenvalue weighted by molar-refractivity contribution is 6.30. The summed E-state index contributed by atoms with van der Waals surface area (Å²) < 4.78 is 12.2. The van der Waals surface area contributed by atoms with Crippen LogP contribution in [-0.4, -0.2) is 24.8 Å². The fourth-order valence-corrected chi connectivity index (χ4v) is 7.02. The normalized spacial score (nSPS) is 12.3. The molecule has 4 heteroatoms. The van der Waals surface area contributed by atoms with Crippen molar-refractivity contribution in [2.24, 2.45) is 0 Å². The van der Waals surface area contributed by atoms with Gasteiger partial charge in [-0.1, -0.05) is 192 Å². The Balaban J connectivity index is 1.33. The Labute approximate surface area is 294 Å². The lowest BCUT2D eigenvalue weighted by Gasteiger charge is -2.22. The molecule has 0 heterocycles. The van der Waals surface area contributed by atoms with E-state index in [0.717, 1.165) is 25.7 Å². The minimum Gasteiger partial charge on any atom is -0.493 e. The van der Waals surface area contributed by atoms with E-state index in [2.05, 4.69) is 13.8 Å². The Hall–Kier alpha value is -2.62. The van der Waals surface area contributed by atoms with E-state index in [1.165, 1.54) is 141 Å². The molecule has 0 fully saturated rings. The van der Waals surface area contributed by atoms with Gasteiger partial charge in [-0.25, -0.2) is 0 Å². The molecule has 0 N–H and O–H groups in total. The molecule has 48 heavy (non-hydrogen) atoms. The molecule has 4 nitrogen and oxygen atoms in total. The molecule has 0 saturated heterocycles. The number of ketones is 2. The maximum Gasteiger partial charge on any atom is 0.198 e. The quantitative estimate of drug-likeness (QED) is 0.0668. The van der Waals surface area contributed by atoms with Gasteiger partial charge in [0.1, 0.15) is 11.5 Å². The van der Waals surface area contributed by atoms with Gasteiger partial charge in [0, 0.05) is 11.1 Å². The molecule has 0 spiro atoms. The molecule has 2 aromatic rings. The Bertz CT molecular complexity index is 1080. The molecule has 3 rings (SSSR count). The van der Waals surface area contributed by atoms with Gasteiger partial charge in [0.25, 0.3) is 0 Å². The van der Waals surface area contributed by atoms with E-state index in [9.17, 15) is 9.59 Å². The molecule has 0 aromatic heterocycles. The van der Waals surface area contributed by atoms with Crippen molar-refractivity contribution >= 4 is 11.6 Å². The molecule has 0 saturated carbocycles. The predicted octanol–water partition coefficient (Wildman–Crippen LogP) is 13.4. The highest BCUT2D eigenvalue weighted by atomic mass is 16.5. The molecule has 0 radical (unpaired) electrons. The Morgan fingerprint density at radius 2 is 0.646 bits per heavy atom. The molecule has 2 aromatic carbocycles. The van der Waals surface area contributed by atoms with Gasteiger partial charge < -0.3 is 9.47 Å². The highest BCUT2D eigenvalue weighted by Gasteiger charge is 2.34. The lowest BCUT2D eigenvalue weighted by Crippen LogP contribution is -2.23. The highest BCUT2D eigenvalue weighted by Crippen LogP contribution is 2.37. The maximum absolute atomic E-state index is 13.7. The van der Waals surface area contributed by atoms with Crippen molar-refractivity contribution in [1.82, 2.24) is 0 Å². The molecular formula is C44H68O4. The topological polar surface area (TPSA) is 52.6 Å². The third-order valence-corrected chi connectivity index (χ3v) is 10.0. The summed E-state index contributed by atoms with van der Waals surface area (Å²) in [4.78, 5) is 27.4. The molecule has 1 aliphatic carbocycles. The van der Waals surface area contributed by atoms with Gasteiger partial charge in [-0.15, -0.1) is 0 Å². The van der Waals surface area contributed by atoms with Crippen molar-refractivity contribution in [1.29, 1.82) is 0 Å². The fraction of sp³-hybridized carbons (Fsp3) is 0.682. The van der Waals surface area contributed by atoms with Crippen molar-refractivity contribution in [3.8, 4) is 11.5 Å². The second-order valence-corrected chi connectivity index (χ2v) is 14.2. The summed E-state index contributed by atoms with van der Waals surface area (Å²) in [6.45, 7) is 5.67. The Morgan fingerprint density at radius 3 is 0.938 bits per heavy atom. The summed E-state index contributed by atoms with van der Waals surface area (Å²) in [6.07, 6.45) is 33.8. The van der Waals surface area contributed by atoms with Crippen LogP contribution < -0.4 is 9.47 Å². The van der Waals surface area contributed by atoms with Gasteiger partial charge in [0.15, 0.2) is 11.6 Å². The molecular weight excluding hydrogens is 592 g/mol. The van der Waals surface area contributed by atoms with Crippen molar-refractivity contribution in [3.05, 3.63) is 58.7 Å². The number of carbonyl (C=O) groups excluding carboxylic acids is 2. The lowest BCUT2D eigenvalue weighted by atomic mass is 9.83. The van der Waals surface area contributed by atoms with Crippen LogP contribution in [0.25, 0.3) is 0 Å². The smallest absolute Gasteiger partial charge is 0.198 e. The van der Waals surface area contributed by atoms with Crippen LogP contribution in [-0.2, 0) is 0 Å². The Morgan fingerprint density at radius 1 is 0.375 bits per heavy atom. The minimum atomic E-state index is -0.146. The zero-order valence-electron chi connectivity index (χ0n) is 30.9. The summed E-state index contributed by atoms with van der Waals surface area (Å²) in [5.41, 5.74) is 1.65. The van der Waals surface area contributed by atoms with Crippen LogP contribution in [0.2, 0.25) is 0 Å². The van der Waals surface area contributed by atoms with E-state index in [0.29, 0.717) is 47.0 Å². The number of benzene rings is 2. The van der Waals surface area contributed by atoms with E-state index in [1.807, 2.05) is 24.3 Å². The summed E-state index contributed by atoms with van der Waals surface area (Å²) in [6, 6.07) is 10.8. The second kappa shape index (κ2) is 25.4. The van der Waals surface area contributed by atoms with Crippen LogP contribution in [0, 0.1) is 0 Å².